The largest absolute Gasteiger partial charge is 0.454 e. The number of esters is 1. The Hall–Kier alpha value is -2.38. The van der Waals surface area contributed by atoms with E-state index in [1.54, 1.807) is 6.08 Å². The molecule has 11 nitrogen and oxygen atoms in total. The third-order valence-corrected chi connectivity index (χ3v) is 15.5. The molecule has 1 aliphatic heterocycles. The molecule has 0 spiro atoms. The van der Waals surface area contributed by atoms with Crippen molar-refractivity contribution in [2.75, 3.05) is 13.2 Å². The Bertz CT molecular complexity index is 1450. The molecule has 0 aliphatic carbocycles. The van der Waals surface area contributed by atoms with E-state index in [0.29, 0.717) is 19.3 Å². The number of amides is 1. The van der Waals surface area contributed by atoms with Gasteiger partial charge in [0.25, 0.3) is 0 Å². The SMILES string of the molecule is CCCCC/C=C\C/C=C\CCCCCCCCCC(=O)OC1C(OCC(NC(=O)C(O)CCCCCCCCCCCC/C=C/CCCCCCCC)C(O)/C=C/CCCCCCCCCCCC)OC(CO)C(O)C1O. The molecule has 0 aromatic heterocycles. The van der Waals surface area contributed by atoms with Crippen molar-refractivity contribution in [3.63, 3.8) is 0 Å². The fraction of sp³-hybridized carbons (Fsp3) is 0.851. The van der Waals surface area contributed by atoms with Crippen molar-refractivity contribution < 1.29 is 49.3 Å². The molecular formula is C67H123NO10. The third kappa shape index (κ3) is 42.5. The number of hydrogen-bond acceptors (Lipinski definition) is 10. The van der Waals surface area contributed by atoms with E-state index in [2.05, 4.69) is 62.5 Å². The van der Waals surface area contributed by atoms with Crippen LogP contribution < -0.4 is 5.32 Å². The second-order valence-electron chi connectivity index (χ2n) is 22.8. The van der Waals surface area contributed by atoms with E-state index in [-0.39, 0.29) is 13.0 Å². The van der Waals surface area contributed by atoms with E-state index >= 15 is 0 Å². The van der Waals surface area contributed by atoms with Gasteiger partial charge in [0, 0.05) is 6.42 Å². The Balaban J connectivity index is 2.64. The van der Waals surface area contributed by atoms with Crippen LogP contribution in [0.15, 0.2) is 48.6 Å². The van der Waals surface area contributed by atoms with Crippen molar-refractivity contribution in [2.45, 2.75) is 352 Å². The van der Waals surface area contributed by atoms with Crippen molar-refractivity contribution in [3.8, 4) is 0 Å². The van der Waals surface area contributed by atoms with Crippen LogP contribution in [-0.2, 0) is 23.8 Å². The lowest BCUT2D eigenvalue weighted by Crippen LogP contribution is -2.61. The van der Waals surface area contributed by atoms with E-state index in [1.807, 2.05) is 6.08 Å². The second kappa shape index (κ2) is 55.2. The molecule has 1 aliphatic rings. The smallest absolute Gasteiger partial charge is 0.306 e. The number of ether oxygens (including phenoxy) is 3. The molecule has 0 radical (unpaired) electrons. The Morgan fingerprint density at radius 3 is 1.35 bits per heavy atom. The standard InChI is InChI=1S/C67H123NO10/c1-4-7-10-13-16-19-22-25-27-29-30-31-33-34-36-39-42-45-48-51-54-60(71)66(75)68-58(59(70)53-50-47-44-41-38-24-21-18-15-12-9-6-3)57-76-67-65(64(74)63(73)61(56-69)77-67)78-62(72)55-52-49-46-43-40-37-35-32-28-26-23-20-17-14-11-8-5-2/h17,20,25-28,50,53,58-61,63-65,67,69-71,73-74H,4-16,18-19,21-24,29-49,51-52,54-57H2,1-3H3,(H,68,75)/b20-17-,27-25+,28-26-,53-50+. The predicted octanol–water partition coefficient (Wildman–Crippen LogP) is 16.0. The van der Waals surface area contributed by atoms with Gasteiger partial charge in [-0.25, -0.2) is 0 Å². The first-order chi connectivity index (χ1) is 38.2. The van der Waals surface area contributed by atoms with Gasteiger partial charge in [-0.2, -0.15) is 0 Å². The van der Waals surface area contributed by atoms with Gasteiger partial charge in [0.1, 0.15) is 24.4 Å². The third-order valence-electron chi connectivity index (χ3n) is 15.5. The maximum Gasteiger partial charge on any atom is 0.306 e. The van der Waals surface area contributed by atoms with Crippen molar-refractivity contribution in [1.82, 2.24) is 5.32 Å². The van der Waals surface area contributed by atoms with Gasteiger partial charge in [0.05, 0.1) is 25.4 Å². The normalized spacial score (nSPS) is 19.2. The van der Waals surface area contributed by atoms with Crippen LogP contribution in [0.25, 0.3) is 0 Å². The van der Waals surface area contributed by atoms with Gasteiger partial charge in [-0.15, -0.1) is 0 Å². The first-order valence-corrected chi connectivity index (χ1v) is 32.9. The van der Waals surface area contributed by atoms with E-state index in [9.17, 15) is 35.1 Å². The zero-order valence-electron chi connectivity index (χ0n) is 50.5. The molecule has 1 rings (SSSR count). The van der Waals surface area contributed by atoms with Crippen molar-refractivity contribution in [2.24, 2.45) is 0 Å². The number of aliphatic hydroxyl groups is 5. The molecule has 456 valence electrons. The maximum absolute atomic E-state index is 13.4. The first-order valence-electron chi connectivity index (χ1n) is 32.9. The van der Waals surface area contributed by atoms with E-state index in [0.717, 1.165) is 77.0 Å². The van der Waals surface area contributed by atoms with Crippen LogP contribution in [0.5, 0.6) is 0 Å². The number of hydrogen-bond donors (Lipinski definition) is 6. The molecule has 78 heavy (non-hydrogen) atoms. The summed E-state index contributed by atoms with van der Waals surface area (Å²) in [5, 5.41) is 57.1. The quantitative estimate of drug-likeness (QED) is 0.0195. The topological polar surface area (TPSA) is 175 Å². The van der Waals surface area contributed by atoms with Crippen molar-refractivity contribution >= 4 is 11.9 Å². The van der Waals surface area contributed by atoms with Crippen LogP contribution in [-0.4, -0.2) is 99.6 Å². The van der Waals surface area contributed by atoms with Crippen LogP contribution >= 0.6 is 0 Å². The molecular weight excluding hydrogens is 979 g/mol. The minimum absolute atomic E-state index is 0.115. The highest BCUT2D eigenvalue weighted by molar-refractivity contribution is 5.80. The Morgan fingerprint density at radius 2 is 0.885 bits per heavy atom. The highest BCUT2D eigenvalue weighted by Crippen LogP contribution is 2.26. The van der Waals surface area contributed by atoms with E-state index < -0.39 is 67.4 Å². The fourth-order valence-corrected chi connectivity index (χ4v) is 10.2. The summed E-state index contributed by atoms with van der Waals surface area (Å²) < 4.78 is 17.6. The summed E-state index contributed by atoms with van der Waals surface area (Å²) in [7, 11) is 0. The molecule has 0 bridgehead atoms. The monoisotopic (exact) mass is 1100 g/mol. The second-order valence-corrected chi connectivity index (χ2v) is 22.8. The average Bonchev–Trinajstić information content (AvgIpc) is 3.45. The Kier molecular flexibility index (Phi) is 52.1. The Labute approximate surface area is 478 Å². The molecule has 1 amide bonds. The molecule has 1 saturated heterocycles. The van der Waals surface area contributed by atoms with E-state index in [4.69, 9.17) is 14.2 Å². The number of carbonyl (C=O) groups excluding carboxylic acids is 2. The average molecular weight is 1100 g/mol. The highest BCUT2D eigenvalue weighted by Gasteiger charge is 2.47. The van der Waals surface area contributed by atoms with Gasteiger partial charge in [-0.1, -0.05) is 262 Å². The van der Waals surface area contributed by atoms with Crippen molar-refractivity contribution in [3.05, 3.63) is 48.6 Å². The van der Waals surface area contributed by atoms with Gasteiger partial charge >= 0.3 is 5.97 Å². The fourth-order valence-electron chi connectivity index (χ4n) is 10.2. The Morgan fingerprint density at radius 1 is 0.500 bits per heavy atom. The van der Waals surface area contributed by atoms with Gasteiger partial charge in [-0.05, 0) is 83.5 Å². The summed E-state index contributed by atoms with van der Waals surface area (Å²) in [5.74, 6) is -1.20. The number of aliphatic hydroxyl groups excluding tert-OH is 5. The molecule has 8 atom stereocenters. The molecule has 1 fully saturated rings. The van der Waals surface area contributed by atoms with Gasteiger partial charge < -0.3 is 45.1 Å². The summed E-state index contributed by atoms with van der Waals surface area (Å²) in [5.41, 5.74) is 0. The minimum Gasteiger partial charge on any atom is -0.454 e. The predicted molar refractivity (Wildman–Crippen MR) is 324 cm³/mol. The molecule has 1 heterocycles. The minimum atomic E-state index is -1.62. The first kappa shape index (κ1) is 73.6. The van der Waals surface area contributed by atoms with Crippen LogP contribution in [0.3, 0.4) is 0 Å². The van der Waals surface area contributed by atoms with Crippen LogP contribution in [0, 0.1) is 0 Å². The molecule has 11 heteroatoms. The maximum atomic E-state index is 13.4. The number of allylic oxidation sites excluding steroid dienone is 7. The van der Waals surface area contributed by atoms with Gasteiger partial charge in [0.2, 0.25) is 5.91 Å². The van der Waals surface area contributed by atoms with Gasteiger partial charge in [0.15, 0.2) is 12.4 Å². The van der Waals surface area contributed by atoms with E-state index in [1.165, 1.54) is 180 Å². The summed E-state index contributed by atoms with van der Waals surface area (Å²) in [6.45, 7) is 5.78. The zero-order chi connectivity index (χ0) is 56.8. The lowest BCUT2D eigenvalue weighted by atomic mass is 9.99. The number of rotatable bonds is 56. The van der Waals surface area contributed by atoms with Crippen LogP contribution in [0.4, 0.5) is 0 Å². The molecule has 0 aromatic carbocycles. The molecule has 0 aromatic rings. The number of nitrogens with one attached hydrogen (secondary N) is 1. The van der Waals surface area contributed by atoms with Crippen LogP contribution in [0.2, 0.25) is 0 Å². The lowest BCUT2D eigenvalue weighted by Gasteiger charge is -2.41. The molecule has 0 saturated carbocycles. The highest BCUT2D eigenvalue weighted by atomic mass is 16.7. The molecule has 8 unspecified atom stereocenters. The number of carbonyl (C=O) groups is 2. The van der Waals surface area contributed by atoms with Crippen molar-refractivity contribution in [1.29, 1.82) is 0 Å². The number of unbranched alkanes of at least 4 members (excludes halogenated alkanes) is 36. The summed E-state index contributed by atoms with van der Waals surface area (Å²) in [4.78, 5) is 26.6. The summed E-state index contributed by atoms with van der Waals surface area (Å²) in [6.07, 6.45) is 57.1. The molecule has 6 N–H and O–H groups in total. The zero-order valence-corrected chi connectivity index (χ0v) is 50.5. The van der Waals surface area contributed by atoms with Crippen LogP contribution in [0.1, 0.15) is 303 Å². The summed E-state index contributed by atoms with van der Waals surface area (Å²) >= 11 is 0. The van der Waals surface area contributed by atoms with Gasteiger partial charge in [-0.3, -0.25) is 9.59 Å². The summed E-state index contributed by atoms with van der Waals surface area (Å²) in [6, 6.07) is -1.03. The lowest BCUT2D eigenvalue weighted by molar-refractivity contribution is -0.305.